The molecule has 0 unspecified atom stereocenters. The fraction of sp³-hybridized carbons (Fsp3) is 0.0909. The molecule has 0 atom stereocenters. The van der Waals surface area contributed by atoms with Crippen molar-refractivity contribution in [2.75, 3.05) is 6.26 Å². The highest BCUT2D eigenvalue weighted by Gasteiger charge is 2.15. The van der Waals surface area contributed by atoms with Gasteiger partial charge in [0.25, 0.3) is 0 Å². The molecule has 0 aromatic heterocycles. The highest BCUT2D eigenvalue weighted by atomic mass is 35.5. The molecule has 0 bridgehead atoms. The Bertz CT molecular complexity index is 575. The second kappa shape index (κ2) is 3.51. The third-order valence-corrected chi connectivity index (χ3v) is 3.59. The van der Waals surface area contributed by atoms with E-state index in [1.807, 2.05) is 12.1 Å². The fourth-order valence-electron chi connectivity index (χ4n) is 1.55. The van der Waals surface area contributed by atoms with E-state index in [-0.39, 0.29) is 0 Å². The van der Waals surface area contributed by atoms with Crippen LogP contribution in [0.4, 0.5) is 0 Å². The van der Waals surface area contributed by atoms with Crippen LogP contribution < -0.4 is 0 Å². The van der Waals surface area contributed by atoms with Crippen molar-refractivity contribution in [1.29, 1.82) is 0 Å². The van der Waals surface area contributed by atoms with Crippen LogP contribution in [-0.2, 0) is 9.84 Å². The van der Waals surface area contributed by atoms with Gasteiger partial charge < -0.3 is 0 Å². The largest absolute Gasteiger partial charge is 0.224 e. The van der Waals surface area contributed by atoms with Gasteiger partial charge in [0.15, 0.2) is 9.84 Å². The van der Waals surface area contributed by atoms with E-state index < -0.39 is 9.84 Å². The van der Waals surface area contributed by atoms with Crippen LogP contribution in [0.5, 0.6) is 0 Å². The summed E-state index contributed by atoms with van der Waals surface area (Å²) in [6, 6.07) is 10.3. The Labute approximate surface area is 93.8 Å². The summed E-state index contributed by atoms with van der Waals surface area (Å²) in [5, 5.41) is 0.529. The van der Waals surface area contributed by atoms with Crippen LogP contribution in [-0.4, -0.2) is 14.7 Å². The van der Waals surface area contributed by atoms with Crippen molar-refractivity contribution in [2.24, 2.45) is 0 Å². The maximum atomic E-state index is 11.6. The third-order valence-electron chi connectivity index (χ3n) is 2.20. The van der Waals surface area contributed by atoms with Crippen molar-refractivity contribution in [3.05, 3.63) is 41.4 Å². The summed E-state index contributed by atoms with van der Waals surface area (Å²) in [6.45, 7) is 0. The Morgan fingerprint density at radius 2 is 1.87 bits per heavy atom. The molecule has 0 saturated heterocycles. The lowest BCUT2D eigenvalue weighted by Gasteiger charge is -2.00. The molecule has 0 amide bonds. The van der Waals surface area contributed by atoms with E-state index in [0.29, 0.717) is 15.5 Å². The van der Waals surface area contributed by atoms with Gasteiger partial charge in [-0.15, -0.1) is 0 Å². The minimum Gasteiger partial charge on any atom is -0.224 e. The van der Waals surface area contributed by atoms with Crippen molar-refractivity contribution >= 4 is 21.4 Å². The van der Waals surface area contributed by atoms with Gasteiger partial charge in [-0.25, -0.2) is 8.42 Å². The van der Waals surface area contributed by atoms with Crippen molar-refractivity contribution in [3.63, 3.8) is 0 Å². The standard InChI is InChI=1S/C11H9ClO2S/c1-15(13,14)11-6-5-9(12)7-8-3-2-4-10(8)11/h2-7H,1H3. The Kier molecular flexibility index (Phi) is 2.44. The average Bonchev–Trinajstić information content (AvgIpc) is 2.45. The lowest BCUT2D eigenvalue weighted by atomic mass is 10.2. The van der Waals surface area contributed by atoms with Crippen LogP contribution in [0.1, 0.15) is 0 Å². The molecule has 2 nitrogen and oxygen atoms in total. The van der Waals surface area contributed by atoms with Crippen molar-refractivity contribution in [3.8, 4) is 11.1 Å². The average molecular weight is 241 g/mol. The molecule has 2 aliphatic rings. The summed E-state index contributed by atoms with van der Waals surface area (Å²) in [4.78, 5) is 0.314. The van der Waals surface area contributed by atoms with Crippen LogP contribution in [0.3, 0.4) is 0 Å². The Morgan fingerprint density at radius 3 is 2.53 bits per heavy atom. The van der Waals surface area contributed by atoms with Gasteiger partial charge >= 0.3 is 0 Å². The van der Waals surface area contributed by atoms with Gasteiger partial charge in [0.05, 0.1) is 4.90 Å². The van der Waals surface area contributed by atoms with Gasteiger partial charge in [0, 0.05) is 16.8 Å². The monoisotopic (exact) mass is 240 g/mol. The van der Waals surface area contributed by atoms with E-state index in [1.165, 1.54) is 6.26 Å². The molecule has 0 saturated carbocycles. The second-order valence-electron chi connectivity index (χ2n) is 3.39. The molecule has 2 rings (SSSR count). The Balaban J connectivity index is 2.85. The normalized spacial score (nSPS) is 11.9. The molecule has 0 aromatic rings. The van der Waals surface area contributed by atoms with E-state index in [9.17, 15) is 8.42 Å². The molecular formula is C11H9ClO2S. The number of sulfone groups is 1. The molecule has 0 aliphatic heterocycles. The molecule has 78 valence electrons. The topological polar surface area (TPSA) is 34.1 Å². The molecule has 0 heterocycles. The lowest BCUT2D eigenvalue weighted by Crippen LogP contribution is -1.97. The summed E-state index contributed by atoms with van der Waals surface area (Å²) in [7, 11) is -3.22. The summed E-state index contributed by atoms with van der Waals surface area (Å²) >= 11 is 5.89. The van der Waals surface area contributed by atoms with Gasteiger partial charge in [0.1, 0.15) is 0 Å². The fourth-order valence-corrected chi connectivity index (χ4v) is 2.63. The number of rotatable bonds is 1. The van der Waals surface area contributed by atoms with Crippen LogP contribution in [0.15, 0.2) is 41.3 Å². The number of fused-ring (bicyclic) bond motifs is 1. The Hall–Kier alpha value is -1.06. The quantitative estimate of drug-likeness (QED) is 0.768. The predicted molar refractivity (Wildman–Crippen MR) is 61.2 cm³/mol. The first-order valence-corrected chi connectivity index (χ1v) is 6.64. The van der Waals surface area contributed by atoms with Crippen LogP contribution >= 0.6 is 11.6 Å². The van der Waals surface area contributed by atoms with E-state index in [1.54, 1.807) is 24.3 Å². The lowest BCUT2D eigenvalue weighted by molar-refractivity contribution is 0.602. The maximum Gasteiger partial charge on any atom is 0.176 e. The van der Waals surface area contributed by atoms with Gasteiger partial charge in [-0.3, -0.25) is 0 Å². The summed E-state index contributed by atoms with van der Waals surface area (Å²) in [5.74, 6) is 0. The summed E-state index contributed by atoms with van der Waals surface area (Å²) in [5.41, 5.74) is 1.55. The molecule has 0 radical (unpaired) electrons. The molecule has 0 N–H and O–H groups in total. The van der Waals surface area contributed by atoms with E-state index in [2.05, 4.69) is 0 Å². The third kappa shape index (κ3) is 1.98. The maximum absolute atomic E-state index is 11.6. The van der Waals surface area contributed by atoms with Gasteiger partial charge in [-0.05, 0) is 23.8 Å². The van der Waals surface area contributed by atoms with Gasteiger partial charge in [0.2, 0.25) is 0 Å². The zero-order chi connectivity index (χ0) is 11.1. The molecule has 0 aromatic carbocycles. The minimum atomic E-state index is -3.22. The highest BCUT2D eigenvalue weighted by Crippen LogP contribution is 2.31. The zero-order valence-corrected chi connectivity index (χ0v) is 9.64. The van der Waals surface area contributed by atoms with Gasteiger partial charge in [-0.1, -0.05) is 29.8 Å². The minimum absolute atomic E-state index is 0.314. The van der Waals surface area contributed by atoms with E-state index in [4.69, 9.17) is 11.6 Å². The first-order valence-electron chi connectivity index (χ1n) is 4.37. The van der Waals surface area contributed by atoms with Crippen molar-refractivity contribution in [1.82, 2.24) is 0 Å². The second-order valence-corrected chi connectivity index (χ2v) is 5.81. The van der Waals surface area contributed by atoms with E-state index >= 15 is 0 Å². The van der Waals surface area contributed by atoms with Crippen molar-refractivity contribution < 1.29 is 8.42 Å². The first kappa shape index (κ1) is 10.5. The van der Waals surface area contributed by atoms with Crippen molar-refractivity contribution in [2.45, 2.75) is 4.90 Å². The predicted octanol–water partition coefficient (Wildman–Crippen LogP) is 2.85. The molecular weight excluding hydrogens is 232 g/mol. The van der Waals surface area contributed by atoms with Crippen LogP contribution in [0.25, 0.3) is 11.1 Å². The summed E-state index contributed by atoms with van der Waals surface area (Å²) < 4.78 is 23.1. The first-order chi connectivity index (χ1) is 6.98. The molecule has 0 spiro atoms. The molecule has 4 heteroatoms. The molecule has 2 aliphatic carbocycles. The van der Waals surface area contributed by atoms with E-state index in [0.717, 1.165) is 5.56 Å². The molecule has 15 heavy (non-hydrogen) atoms. The highest BCUT2D eigenvalue weighted by molar-refractivity contribution is 7.90. The SMILES string of the molecule is CS(=O)(=O)c1ccc(Cl)cc2cccc1-2. The number of hydrogen-bond acceptors (Lipinski definition) is 2. The Morgan fingerprint density at radius 1 is 1.13 bits per heavy atom. The zero-order valence-electron chi connectivity index (χ0n) is 8.07. The van der Waals surface area contributed by atoms with Crippen LogP contribution in [0, 0.1) is 0 Å². The van der Waals surface area contributed by atoms with Gasteiger partial charge in [-0.2, -0.15) is 0 Å². The smallest absolute Gasteiger partial charge is 0.176 e. The summed E-state index contributed by atoms with van der Waals surface area (Å²) in [6.07, 6.45) is 1.20. The molecule has 0 fully saturated rings. The number of halogens is 1. The number of hydrogen-bond donors (Lipinski definition) is 0. The van der Waals surface area contributed by atoms with Crippen LogP contribution in [0.2, 0.25) is 5.02 Å².